The first-order chi connectivity index (χ1) is 12.2. The lowest BCUT2D eigenvalue weighted by molar-refractivity contribution is 0.249. The van der Waals surface area contributed by atoms with E-state index in [-0.39, 0.29) is 0 Å². The van der Waals surface area contributed by atoms with Crippen LogP contribution in [0, 0.1) is 0 Å². The number of anilines is 1. The standard InChI is InChI=1S/C19H18Cl2N4/c20-15-5-2-1-4-14(15)12-24-8-10-25(11-9-24)19-18-16(21)6-3-7-17(18)22-13-23-19/h1-7,13H,8-12H2. The molecule has 0 bridgehead atoms. The fraction of sp³-hybridized carbons (Fsp3) is 0.263. The van der Waals surface area contributed by atoms with Crippen molar-refractivity contribution in [3.05, 3.63) is 64.4 Å². The van der Waals surface area contributed by atoms with E-state index in [1.165, 1.54) is 5.56 Å². The zero-order chi connectivity index (χ0) is 17.2. The average molecular weight is 373 g/mol. The van der Waals surface area contributed by atoms with Crippen LogP contribution in [0.3, 0.4) is 0 Å². The van der Waals surface area contributed by atoms with Crippen LogP contribution in [-0.2, 0) is 6.54 Å². The first kappa shape index (κ1) is 16.6. The second-order valence-electron chi connectivity index (χ2n) is 6.19. The molecule has 0 unspecified atom stereocenters. The number of aromatic nitrogens is 2. The molecule has 1 aromatic heterocycles. The van der Waals surface area contributed by atoms with Gasteiger partial charge in [0.15, 0.2) is 0 Å². The maximum absolute atomic E-state index is 6.40. The zero-order valence-electron chi connectivity index (χ0n) is 13.7. The van der Waals surface area contributed by atoms with E-state index in [1.54, 1.807) is 6.33 Å². The van der Waals surface area contributed by atoms with Gasteiger partial charge in [0.1, 0.15) is 12.1 Å². The van der Waals surface area contributed by atoms with Crippen LogP contribution < -0.4 is 4.90 Å². The van der Waals surface area contributed by atoms with E-state index in [9.17, 15) is 0 Å². The minimum Gasteiger partial charge on any atom is -0.353 e. The van der Waals surface area contributed by atoms with Crippen molar-refractivity contribution in [3.63, 3.8) is 0 Å². The average Bonchev–Trinajstić information content (AvgIpc) is 2.64. The van der Waals surface area contributed by atoms with Gasteiger partial charge in [0.05, 0.1) is 15.9 Å². The predicted octanol–water partition coefficient (Wildman–Crippen LogP) is 4.26. The van der Waals surface area contributed by atoms with E-state index in [0.717, 1.165) is 54.5 Å². The van der Waals surface area contributed by atoms with Crippen LogP contribution in [-0.4, -0.2) is 41.0 Å². The monoisotopic (exact) mass is 372 g/mol. The van der Waals surface area contributed by atoms with Crippen LogP contribution >= 0.6 is 23.2 Å². The van der Waals surface area contributed by atoms with Gasteiger partial charge in [-0.1, -0.05) is 47.5 Å². The molecule has 0 amide bonds. The molecular weight excluding hydrogens is 355 g/mol. The Labute approximate surface area is 157 Å². The molecule has 0 atom stereocenters. The highest BCUT2D eigenvalue weighted by Gasteiger charge is 2.21. The Bertz CT molecular complexity index is 886. The highest BCUT2D eigenvalue weighted by molar-refractivity contribution is 6.36. The van der Waals surface area contributed by atoms with Crippen molar-refractivity contribution in [2.75, 3.05) is 31.1 Å². The van der Waals surface area contributed by atoms with Crippen molar-refractivity contribution < 1.29 is 0 Å². The number of halogens is 2. The first-order valence-corrected chi connectivity index (χ1v) is 9.08. The van der Waals surface area contributed by atoms with Crippen molar-refractivity contribution >= 4 is 39.9 Å². The minimum atomic E-state index is 0.701. The van der Waals surface area contributed by atoms with Crippen molar-refractivity contribution in [2.45, 2.75) is 6.54 Å². The number of fused-ring (bicyclic) bond motifs is 1. The number of nitrogens with zero attached hydrogens (tertiary/aromatic N) is 4. The van der Waals surface area contributed by atoms with E-state index in [0.29, 0.717) is 5.02 Å². The molecule has 3 aromatic rings. The fourth-order valence-corrected chi connectivity index (χ4v) is 3.73. The minimum absolute atomic E-state index is 0.701. The molecule has 0 aliphatic carbocycles. The second kappa shape index (κ2) is 7.16. The third-order valence-electron chi connectivity index (χ3n) is 4.62. The van der Waals surface area contributed by atoms with Gasteiger partial charge >= 0.3 is 0 Å². The molecule has 0 spiro atoms. The molecule has 2 heterocycles. The van der Waals surface area contributed by atoms with Crippen LogP contribution in [0.2, 0.25) is 10.0 Å². The normalized spacial score (nSPS) is 15.7. The SMILES string of the molecule is Clc1ccccc1CN1CCN(c2ncnc3cccc(Cl)c23)CC1. The Balaban J connectivity index is 1.50. The van der Waals surface area contributed by atoms with Gasteiger partial charge in [-0.2, -0.15) is 0 Å². The summed E-state index contributed by atoms with van der Waals surface area (Å²) in [5.74, 6) is 0.924. The molecule has 1 aliphatic rings. The maximum atomic E-state index is 6.40. The Morgan fingerprint density at radius 2 is 1.60 bits per heavy atom. The lowest BCUT2D eigenvalue weighted by Gasteiger charge is -2.36. The molecule has 1 saturated heterocycles. The fourth-order valence-electron chi connectivity index (χ4n) is 3.28. The lowest BCUT2D eigenvalue weighted by atomic mass is 10.2. The molecule has 1 fully saturated rings. The van der Waals surface area contributed by atoms with Gasteiger partial charge in [-0.25, -0.2) is 9.97 Å². The molecule has 2 aromatic carbocycles. The molecule has 1 aliphatic heterocycles. The number of rotatable bonds is 3. The summed E-state index contributed by atoms with van der Waals surface area (Å²) in [6, 6.07) is 13.8. The smallest absolute Gasteiger partial charge is 0.141 e. The Morgan fingerprint density at radius 1 is 0.840 bits per heavy atom. The highest BCUT2D eigenvalue weighted by atomic mass is 35.5. The number of hydrogen-bond donors (Lipinski definition) is 0. The van der Waals surface area contributed by atoms with Crippen molar-refractivity contribution in [2.24, 2.45) is 0 Å². The Kier molecular flexibility index (Phi) is 4.75. The van der Waals surface area contributed by atoms with Crippen LogP contribution in [0.15, 0.2) is 48.8 Å². The number of hydrogen-bond acceptors (Lipinski definition) is 4. The maximum Gasteiger partial charge on any atom is 0.141 e. The highest BCUT2D eigenvalue weighted by Crippen LogP contribution is 2.30. The first-order valence-electron chi connectivity index (χ1n) is 8.32. The van der Waals surface area contributed by atoms with Gasteiger partial charge in [0.25, 0.3) is 0 Å². The van der Waals surface area contributed by atoms with E-state index in [2.05, 4.69) is 25.8 Å². The summed E-state index contributed by atoms with van der Waals surface area (Å²) in [6.45, 7) is 4.60. The van der Waals surface area contributed by atoms with Gasteiger partial charge < -0.3 is 4.90 Å². The number of piperazine rings is 1. The third-order valence-corrected chi connectivity index (χ3v) is 5.30. The van der Waals surface area contributed by atoms with Crippen LogP contribution in [0.1, 0.15) is 5.56 Å². The molecule has 25 heavy (non-hydrogen) atoms. The van der Waals surface area contributed by atoms with Gasteiger partial charge in [-0.3, -0.25) is 4.90 Å². The number of benzene rings is 2. The summed E-state index contributed by atoms with van der Waals surface area (Å²) < 4.78 is 0. The molecule has 4 rings (SSSR count). The van der Waals surface area contributed by atoms with Gasteiger partial charge in [-0.05, 0) is 23.8 Å². The van der Waals surface area contributed by atoms with E-state index < -0.39 is 0 Å². The Morgan fingerprint density at radius 3 is 2.40 bits per heavy atom. The van der Waals surface area contributed by atoms with Crippen molar-refractivity contribution in [3.8, 4) is 0 Å². The topological polar surface area (TPSA) is 32.3 Å². The van der Waals surface area contributed by atoms with Gasteiger partial charge in [0, 0.05) is 37.7 Å². The predicted molar refractivity (Wildman–Crippen MR) is 103 cm³/mol. The summed E-state index contributed by atoms with van der Waals surface area (Å²) in [4.78, 5) is 13.5. The van der Waals surface area contributed by atoms with Crippen LogP contribution in [0.5, 0.6) is 0 Å². The summed E-state index contributed by atoms with van der Waals surface area (Å²) in [7, 11) is 0. The summed E-state index contributed by atoms with van der Waals surface area (Å²) >= 11 is 12.7. The molecule has 0 saturated carbocycles. The third kappa shape index (κ3) is 3.43. The molecule has 0 N–H and O–H groups in total. The second-order valence-corrected chi connectivity index (χ2v) is 7.00. The van der Waals surface area contributed by atoms with Crippen LogP contribution in [0.4, 0.5) is 5.82 Å². The summed E-state index contributed by atoms with van der Waals surface area (Å²) in [5, 5.41) is 2.47. The molecule has 6 heteroatoms. The molecule has 0 radical (unpaired) electrons. The zero-order valence-corrected chi connectivity index (χ0v) is 15.2. The largest absolute Gasteiger partial charge is 0.353 e. The quantitative estimate of drug-likeness (QED) is 0.687. The van der Waals surface area contributed by atoms with E-state index >= 15 is 0 Å². The van der Waals surface area contributed by atoms with Crippen LogP contribution in [0.25, 0.3) is 10.9 Å². The summed E-state index contributed by atoms with van der Waals surface area (Å²) in [6.07, 6.45) is 1.62. The van der Waals surface area contributed by atoms with Crippen molar-refractivity contribution in [1.29, 1.82) is 0 Å². The molecular formula is C19H18Cl2N4. The Hall–Kier alpha value is -1.88. The molecule has 128 valence electrons. The van der Waals surface area contributed by atoms with E-state index in [1.807, 2.05) is 36.4 Å². The lowest BCUT2D eigenvalue weighted by Crippen LogP contribution is -2.46. The molecule has 4 nitrogen and oxygen atoms in total. The summed E-state index contributed by atoms with van der Waals surface area (Å²) in [5.41, 5.74) is 2.06. The van der Waals surface area contributed by atoms with Gasteiger partial charge in [-0.15, -0.1) is 0 Å². The van der Waals surface area contributed by atoms with E-state index in [4.69, 9.17) is 23.2 Å². The van der Waals surface area contributed by atoms with Gasteiger partial charge in [0.2, 0.25) is 0 Å². The van der Waals surface area contributed by atoms with Crippen molar-refractivity contribution in [1.82, 2.24) is 14.9 Å².